The van der Waals surface area contributed by atoms with Gasteiger partial charge in [-0.3, -0.25) is 0 Å². The van der Waals surface area contributed by atoms with Gasteiger partial charge in [0.25, 0.3) is 0 Å². The van der Waals surface area contributed by atoms with Crippen molar-refractivity contribution in [2.45, 2.75) is 44.6 Å². The van der Waals surface area contributed by atoms with Gasteiger partial charge in [-0.25, -0.2) is 0 Å². The van der Waals surface area contributed by atoms with Crippen LogP contribution in [0.15, 0.2) is 48.5 Å². The molecule has 0 amide bonds. The largest absolute Gasteiger partial charge is 0.381 e. The molecule has 0 bridgehead atoms. The van der Waals surface area contributed by atoms with Crippen molar-refractivity contribution in [1.29, 1.82) is 0 Å². The predicted molar refractivity (Wildman–Crippen MR) is 82.9 cm³/mol. The summed E-state index contributed by atoms with van der Waals surface area (Å²) >= 11 is 0. The van der Waals surface area contributed by atoms with Crippen molar-refractivity contribution in [3.63, 3.8) is 0 Å². The topological polar surface area (TPSA) is 20.2 Å². The first kappa shape index (κ1) is 13.4. The van der Waals surface area contributed by atoms with Gasteiger partial charge in [0.2, 0.25) is 0 Å². The highest BCUT2D eigenvalue weighted by Gasteiger charge is 2.27. The van der Waals surface area contributed by atoms with Crippen LogP contribution in [0.3, 0.4) is 0 Å². The van der Waals surface area contributed by atoms with Crippen molar-refractivity contribution in [2.75, 3.05) is 0 Å². The molecule has 1 unspecified atom stereocenters. The van der Waals surface area contributed by atoms with Crippen molar-refractivity contribution in [3.05, 3.63) is 70.8 Å². The molecule has 2 aromatic carbocycles. The fourth-order valence-corrected chi connectivity index (χ4v) is 2.95. The fourth-order valence-electron chi connectivity index (χ4n) is 2.95. The zero-order valence-corrected chi connectivity index (χ0v) is 12.3. The summed E-state index contributed by atoms with van der Waals surface area (Å²) in [5.74, 6) is 0.697. The molecule has 3 rings (SSSR count). The van der Waals surface area contributed by atoms with Gasteiger partial charge in [0.05, 0.1) is 0 Å². The number of benzene rings is 2. The van der Waals surface area contributed by atoms with Crippen LogP contribution in [0.25, 0.3) is 0 Å². The van der Waals surface area contributed by atoms with E-state index in [1.165, 1.54) is 30.4 Å². The van der Waals surface area contributed by atoms with Gasteiger partial charge < -0.3 is 5.11 Å². The lowest BCUT2D eigenvalue weighted by Crippen LogP contribution is -2.23. The molecule has 1 N–H and O–H groups in total. The Morgan fingerprint density at radius 1 is 1.00 bits per heavy atom. The summed E-state index contributed by atoms with van der Waals surface area (Å²) in [7, 11) is 0. The molecule has 20 heavy (non-hydrogen) atoms. The smallest absolute Gasteiger partial charge is 0.112 e. The molecule has 1 atom stereocenters. The molecule has 0 heterocycles. The first-order chi connectivity index (χ1) is 9.57. The summed E-state index contributed by atoms with van der Waals surface area (Å²) in [6, 6.07) is 16.6. The third-order valence-corrected chi connectivity index (χ3v) is 4.61. The minimum Gasteiger partial charge on any atom is -0.381 e. The number of rotatable bonds is 3. The van der Waals surface area contributed by atoms with Crippen LogP contribution < -0.4 is 0 Å². The van der Waals surface area contributed by atoms with Crippen LogP contribution in [0.4, 0.5) is 0 Å². The number of aliphatic hydroxyl groups is 1. The summed E-state index contributed by atoms with van der Waals surface area (Å²) in [6.45, 7) is 3.95. The van der Waals surface area contributed by atoms with E-state index in [0.29, 0.717) is 5.92 Å². The average Bonchev–Trinajstić information content (AvgIpc) is 2.37. The second-order valence-corrected chi connectivity index (χ2v) is 6.19. The van der Waals surface area contributed by atoms with Crippen molar-refractivity contribution in [2.24, 2.45) is 0 Å². The second kappa shape index (κ2) is 5.06. The monoisotopic (exact) mass is 266 g/mol. The number of hydrogen-bond acceptors (Lipinski definition) is 1. The second-order valence-electron chi connectivity index (χ2n) is 6.19. The Hall–Kier alpha value is -1.60. The molecule has 0 aliphatic heterocycles. The SMILES string of the molecule is Cc1cccc(C(C)(O)c2cccc(C3CCC3)c2)c1. The van der Waals surface area contributed by atoms with Crippen LogP contribution in [0.2, 0.25) is 0 Å². The average molecular weight is 266 g/mol. The third-order valence-electron chi connectivity index (χ3n) is 4.61. The van der Waals surface area contributed by atoms with Crippen molar-refractivity contribution in [1.82, 2.24) is 0 Å². The van der Waals surface area contributed by atoms with Crippen molar-refractivity contribution in [3.8, 4) is 0 Å². The Balaban J connectivity index is 1.98. The lowest BCUT2D eigenvalue weighted by Gasteiger charge is -2.29. The molecular formula is C19H22O. The molecule has 2 aromatic rings. The zero-order valence-electron chi connectivity index (χ0n) is 12.3. The Labute approximate surface area is 121 Å². The van der Waals surface area contributed by atoms with E-state index in [1.807, 2.05) is 25.1 Å². The third kappa shape index (κ3) is 2.38. The molecule has 0 spiro atoms. The summed E-state index contributed by atoms with van der Waals surface area (Å²) in [5, 5.41) is 11.0. The maximum absolute atomic E-state index is 11.0. The van der Waals surface area contributed by atoms with E-state index in [4.69, 9.17) is 0 Å². The lowest BCUT2D eigenvalue weighted by atomic mass is 9.78. The van der Waals surface area contributed by atoms with E-state index in [1.54, 1.807) is 0 Å². The maximum atomic E-state index is 11.0. The van der Waals surface area contributed by atoms with E-state index in [9.17, 15) is 5.11 Å². The molecule has 1 fully saturated rings. The molecule has 0 aromatic heterocycles. The summed E-state index contributed by atoms with van der Waals surface area (Å²) in [5.41, 5.74) is 3.58. The van der Waals surface area contributed by atoms with E-state index < -0.39 is 5.60 Å². The predicted octanol–water partition coefficient (Wildman–Crippen LogP) is 4.52. The van der Waals surface area contributed by atoms with Gasteiger partial charge in [0.1, 0.15) is 5.60 Å². The molecule has 1 aliphatic rings. The van der Waals surface area contributed by atoms with Crippen LogP contribution in [0.1, 0.15) is 54.4 Å². The van der Waals surface area contributed by atoms with E-state index in [0.717, 1.165) is 11.1 Å². The normalized spacial score (nSPS) is 18.4. The molecule has 1 saturated carbocycles. The van der Waals surface area contributed by atoms with Crippen LogP contribution in [0.5, 0.6) is 0 Å². The zero-order chi connectivity index (χ0) is 14.2. The molecule has 1 nitrogen and oxygen atoms in total. The van der Waals surface area contributed by atoms with Gasteiger partial charge in [-0.15, -0.1) is 0 Å². The number of aryl methyl sites for hydroxylation is 1. The first-order valence-electron chi connectivity index (χ1n) is 7.47. The minimum absolute atomic E-state index is 0.697. The Morgan fingerprint density at radius 3 is 2.25 bits per heavy atom. The standard InChI is InChI=1S/C19H22O/c1-14-6-3-10-17(12-14)19(2,20)18-11-5-9-16(13-18)15-7-4-8-15/h3,5-6,9-13,15,20H,4,7-8H2,1-2H3. The van der Waals surface area contributed by atoms with Crippen LogP contribution in [-0.4, -0.2) is 5.11 Å². The molecule has 1 aliphatic carbocycles. The fraction of sp³-hybridized carbons (Fsp3) is 0.368. The maximum Gasteiger partial charge on any atom is 0.112 e. The van der Waals surface area contributed by atoms with Crippen molar-refractivity contribution >= 4 is 0 Å². The Morgan fingerprint density at radius 2 is 1.65 bits per heavy atom. The quantitative estimate of drug-likeness (QED) is 0.866. The summed E-state index contributed by atoms with van der Waals surface area (Å²) in [6.07, 6.45) is 3.91. The van der Waals surface area contributed by atoms with Gasteiger partial charge in [-0.05, 0) is 49.3 Å². The van der Waals surface area contributed by atoms with Crippen LogP contribution in [-0.2, 0) is 5.60 Å². The van der Waals surface area contributed by atoms with Crippen LogP contribution in [0, 0.1) is 6.92 Å². The highest BCUT2D eigenvalue weighted by Crippen LogP contribution is 2.38. The lowest BCUT2D eigenvalue weighted by molar-refractivity contribution is 0.102. The molecule has 1 heteroatoms. The highest BCUT2D eigenvalue weighted by molar-refractivity contribution is 5.39. The number of hydrogen-bond donors (Lipinski definition) is 1. The highest BCUT2D eigenvalue weighted by atomic mass is 16.3. The molecule has 104 valence electrons. The molecule has 0 saturated heterocycles. The summed E-state index contributed by atoms with van der Waals surface area (Å²) in [4.78, 5) is 0. The first-order valence-corrected chi connectivity index (χ1v) is 7.47. The molecule has 0 radical (unpaired) electrons. The van der Waals surface area contributed by atoms with E-state index in [-0.39, 0.29) is 0 Å². The Bertz CT molecular complexity index is 609. The van der Waals surface area contributed by atoms with Gasteiger partial charge in [-0.2, -0.15) is 0 Å². The van der Waals surface area contributed by atoms with E-state index >= 15 is 0 Å². The minimum atomic E-state index is -0.925. The summed E-state index contributed by atoms with van der Waals surface area (Å²) < 4.78 is 0. The van der Waals surface area contributed by atoms with Crippen molar-refractivity contribution < 1.29 is 5.11 Å². The van der Waals surface area contributed by atoms with Gasteiger partial charge in [-0.1, -0.05) is 60.5 Å². The Kier molecular flexibility index (Phi) is 3.39. The van der Waals surface area contributed by atoms with Crippen LogP contribution >= 0.6 is 0 Å². The van der Waals surface area contributed by atoms with Gasteiger partial charge in [0.15, 0.2) is 0 Å². The van der Waals surface area contributed by atoms with Gasteiger partial charge in [0, 0.05) is 0 Å². The van der Waals surface area contributed by atoms with Gasteiger partial charge >= 0.3 is 0 Å². The molecular weight excluding hydrogens is 244 g/mol. The van der Waals surface area contributed by atoms with E-state index in [2.05, 4.69) is 37.3 Å².